The van der Waals surface area contributed by atoms with Crippen molar-refractivity contribution in [3.05, 3.63) is 12.2 Å². The van der Waals surface area contributed by atoms with Gasteiger partial charge in [-0.05, 0) is 19.8 Å². The van der Waals surface area contributed by atoms with E-state index in [1.807, 2.05) is 12.1 Å². The summed E-state index contributed by atoms with van der Waals surface area (Å²) in [5, 5.41) is 8.88. The molecule has 0 radical (unpaired) electrons. The maximum absolute atomic E-state index is 11.4. The monoisotopic (exact) mass is 293 g/mol. The van der Waals surface area contributed by atoms with Gasteiger partial charge in [0.15, 0.2) is 5.92 Å². The number of hydrogen-bond donors (Lipinski definition) is 0. The van der Waals surface area contributed by atoms with Gasteiger partial charge >= 0.3 is 5.97 Å². The number of nitriles is 1. The summed E-state index contributed by atoms with van der Waals surface area (Å²) < 4.78 is 4.83. The number of allylic oxidation sites excluding steroid dienone is 1. The molecular formula is C18H31NO2. The Morgan fingerprint density at radius 2 is 1.62 bits per heavy atom. The number of unbranched alkanes of at least 4 members (excludes halogenated alkanes) is 9. The molecule has 0 saturated carbocycles. The molecule has 0 aliphatic rings. The third-order valence-corrected chi connectivity index (χ3v) is 3.48. The highest BCUT2D eigenvalue weighted by Crippen LogP contribution is 2.11. The predicted octanol–water partition coefficient (Wildman–Crippen LogP) is 5.17. The van der Waals surface area contributed by atoms with Crippen molar-refractivity contribution in [2.24, 2.45) is 5.92 Å². The molecule has 0 bridgehead atoms. The predicted molar refractivity (Wildman–Crippen MR) is 86.7 cm³/mol. The van der Waals surface area contributed by atoms with E-state index in [0.29, 0.717) is 6.61 Å². The maximum atomic E-state index is 11.4. The van der Waals surface area contributed by atoms with Gasteiger partial charge in [-0.2, -0.15) is 5.26 Å². The van der Waals surface area contributed by atoms with Crippen LogP contribution >= 0.6 is 0 Å². The van der Waals surface area contributed by atoms with Crippen LogP contribution in [0.4, 0.5) is 0 Å². The Bertz CT molecular complexity index is 318. The van der Waals surface area contributed by atoms with Crippen LogP contribution in [-0.4, -0.2) is 12.6 Å². The Morgan fingerprint density at radius 3 is 2.14 bits per heavy atom. The zero-order chi connectivity index (χ0) is 15.8. The van der Waals surface area contributed by atoms with Gasteiger partial charge in [0, 0.05) is 0 Å². The molecule has 21 heavy (non-hydrogen) atoms. The molecular weight excluding hydrogens is 262 g/mol. The van der Waals surface area contributed by atoms with Crippen LogP contribution in [0.2, 0.25) is 0 Å². The molecule has 0 N–H and O–H groups in total. The molecule has 0 aromatic rings. The van der Waals surface area contributed by atoms with Crippen LogP contribution in [0.25, 0.3) is 0 Å². The molecule has 0 amide bonds. The van der Waals surface area contributed by atoms with E-state index in [1.165, 1.54) is 51.4 Å². The molecule has 0 saturated heterocycles. The number of carbonyl (C=O) groups is 1. The van der Waals surface area contributed by atoms with Gasteiger partial charge in [0.25, 0.3) is 0 Å². The molecule has 0 aromatic heterocycles. The lowest BCUT2D eigenvalue weighted by molar-refractivity contribution is -0.144. The van der Waals surface area contributed by atoms with E-state index < -0.39 is 11.9 Å². The summed E-state index contributed by atoms with van der Waals surface area (Å²) in [6.07, 6.45) is 16.3. The minimum absolute atomic E-state index is 0.323. The van der Waals surface area contributed by atoms with E-state index in [4.69, 9.17) is 10.00 Å². The van der Waals surface area contributed by atoms with Gasteiger partial charge in [0.05, 0.1) is 12.7 Å². The second-order valence-corrected chi connectivity index (χ2v) is 5.40. The molecule has 0 aliphatic heterocycles. The first-order valence-corrected chi connectivity index (χ1v) is 8.49. The third kappa shape index (κ3) is 12.2. The molecule has 0 heterocycles. The normalized spacial score (nSPS) is 12.2. The first kappa shape index (κ1) is 19.7. The first-order valence-electron chi connectivity index (χ1n) is 8.49. The molecule has 120 valence electrons. The highest BCUT2D eigenvalue weighted by molar-refractivity contribution is 5.77. The summed E-state index contributed by atoms with van der Waals surface area (Å²) in [7, 11) is 0. The average molecular weight is 293 g/mol. The number of esters is 1. The third-order valence-electron chi connectivity index (χ3n) is 3.48. The Morgan fingerprint density at radius 1 is 1.05 bits per heavy atom. The zero-order valence-electron chi connectivity index (χ0n) is 13.8. The lowest BCUT2D eigenvalue weighted by atomic mass is 10.1. The van der Waals surface area contributed by atoms with E-state index >= 15 is 0 Å². The zero-order valence-corrected chi connectivity index (χ0v) is 13.8. The Balaban J connectivity index is 3.50. The van der Waals surface area contributed by atoms with Crippen LogP contribution in [0, 0.1) is 17.2 Å². The van der Waals surface area contributed by atoms with Crippen molar-refractivity contribution in [2.75, 3.05) is 6.61 Å². The summed E-state index contributed by atoms with van der Waals surface area (Å²) in [4.78, 5) is 11.4. The molecule has 0 spiro atoms. The van der Waals surface area contributed by atoms with Crippen molar-refractivity contribution in [2.45, 2.75) is 78.1 Å². The lowest BCUT2D eigenvalue weighted by Crippen LogP contribution is -2.13. The standard InChI is InChI=1S/C18H31NO2/c1-3-5-6-7-8-9-10-11-12-13-14-15-17(16-19)18(20)21-4-2/h14-15,17H,3-13H2,1-2H3/b15-14-/t17-/m1/s1. The molecule has 3 nitrogen and oxygen atoms in total. The van der Waals surface area contributed by atoms with Gasteiger partial charge in [0.1, 0.15) is 0 Å². The molecule has 0 fully saturated rings. The second-order valence-electron chi connectivity index (χ2n) is 5.40. The lowest BCUT2D eigenvalue weighted by Gasteiger charge is -2.03. The van der Waals surface area contributed by atoms with Crippen LogP contribution in [0.1, 0.15) is 78.1 Å². The quantitative estimate of drug-likeness (QED) is 0.267. The van der Waals surface area contributed by atoms with Crippen LogP contribution in [0.5, 0.6) is 0 Å². The SMILES string of the molecule is CCCCCCCCCCC/C=C\[C@H](C#N)C(=O)OCC. The smallest absolute Gasteiger partial charge is 0.327 e. The Hall–Kier alpha value is -1.30. The van der Waals surface area contributed by atoms with Gasteiger partial charge in [-0.25, -0.2) is 0 Å². The molecule has 0 aromatic carbocycles. The Labute approximate surface area is 130 Å². The van der Waals surface area contributed by atoms with Crippen molar-refractivity contribution in [1.29, 1.82) is 5.26 Å². The number of nitrogens with zero attached hydrogens (tertiary/aromatic N) is 1. The van der Waals surface area contributed by atoms with Crippen molar-refractivity contribution >= 4 is 5.97 Å². The van der Waals surface area contributed by atoms with Gasteiger partial charge in [-0.1, -0.05) is 70.4 Å². The van der Waals surface area contributed by atoms with E-state index in [-0.39, 0.29) is 0 Å². The summed E-state index contributed by atoms with van der Waals surface area (Å²) in [6.45, 7) is 4.31. The minimum Gasteiger partial charge on any atom is -0.465 e. The van der Waals surface area contributed by atoms with E-state index in [2.05, 4.69) is 6.92 Å². The van der Waals surface area contributed by atoms with Crippen molar-refractivity contribution < 1.29 is 9.53 Å². The van der Waals surface area contributed by atoms with Crippen molar-refractivity contribution in [3.63, 3.8) is 0 Å². The Kier molecular flexibility index (Phi) is 14.2. The van der Waals surface area contributed by atoms with Crippen molar-refractivity contribution in [3.8, 4) is 6.07 Å². The number of ether oxygens (including phenoxy) is 1. The molecule has 0 unspecified atom stereocenters. The van der Waals surface area contributed by atoms with Gasteiger partial charge in [0.2, 0.25) is 0 Å². The largest absolute Gasteiger partial charge is 0.465 e. The van der Waals surface area contributed by atoms with Gasteiger partial charge < -0.3 is 4.74 Å². The second kappa shape index (κ2) is 15.1. The summed E-state index contributed by atoms with van der Waals surface area (Å²) in [5.41, 5.74) is 0. The topological polar surface area (TPSA) is 50.1 Å². The average Bonchev–Trinajstić information content (AvgIpc) is 2.48. The number of rotatable bonds is 13. The van der Waals surface area contributed by atoms with Gasteiger partial charge in [-0.15, -0.1) is 0 Å². The van der Waals surface area contributed by atoms with Crippen LogP contribution in [0.15, 0.2) is 12.2 Å². The van der Waals surface area contributed by atoms with Gasteiger partial charge in [-0.3, -0.25) is 4.79 Å². The van der Waals surface area contributed by atoms with E-state index in [0.717, 1.165) is 12.8 Å². The van der Waals surface area contributed by atoms with Crippen LogP contribution in [-0.2, 0) is 9.53 Å². The maximum Gasteiger partial charge on any atom is 0.327 e. The van der Waals surface area contributed by atoms with E-state index in [1.54, 1.807) is 13.0 Å². The molecule has 0 rings (SSSR count). The highest BCUT2D eigenvalue weighted by Gasteiger charge is 2.14. The fourth-order valence-electron chi connectivity index (χ4n) is 2.21. The fourth-order valence-corrected chi connectivity index (χ4v) is 2.21. The van der Waals surface area contributed by atoms with Crippen LogP contribution in [0.3, 0.4) is 0 Å². The summed E-state index contributed by atoms with van der Waals surface area (Å²) >= 11 is 0. The molecule has 3 heteroatoms. The summed E-state index contributed by atoms with van der Waals surface area (Å²) in [5.74, 6) is -1.19. The number of carbonyl (C=O) groups excluding carboxylic acids is 1. The molecule has 0 aliphatic carbocycles. The highest BCUT2D eigenvalue weighted by atomic mass is 16.5. The van der Waals surface area contributed by atoms with E-state index in [9.17, 15) is 4.79 Å². The number of hydrogen-bond acceptors (Lipinski definition) is 3. The van der Waals surface area contributed by atoms with Crippen molar-refractivity contribution in [1.82, 2.24) is 0 Å². The fraction of sp³-hybridized carbons (Fsp3) is 0.778. The first-order chi connectivity index (χ1) is 10.3. The summed E-state index contributed by atoms with van der Waals surface area (Å²) in [6, 6.07) is 1.96. The van der Waals surface area contributed by atoms with Crippen LogP contribution < -0.4 is 0 Å². The minimum atomic E-state index is -0.747. The molecule has 1 atom stereocenters.